The van der Waals surface area contributed by atoms with Crippen molar-refractivity contribution in [3.8, 4) is 0 Å². The number of carbonyl (C=O) groups excluding carboxylic acids is 2. The second-order valence-corrected chi connectivity index (χ2v) is 4.66. The van der Waals surface area contributed by atoms with Crippen LogP contribution in [-0.2, 0) is 9.59 Å². The molecule has 9 N–H and O–H groups in total. The van der Waals surface area contributed by atoms with Gasteiger partial charge in [-0.05, 0) is 6.92 Å². The zero-order valence-electron chi connectivity index (χ0n) is 12.4. The fourth-order valence-electron chi connectivity index (χ4n) is 1.17. The van der Waals surface area contributed by atoms with Crippen molar-refractivity contribution < 1.29 is 55.5 Å². The summed E-state index contributed by atoms with van der Waals surface area (Å²) in [6.07, 6.45) is -11.1. The van der Waals surface area contributed by atoms with Crippen LogP contribution in [0.25, 0.3) is 0 Å². The predicted molar refractivity (Wildman–Crippen MR) is 73.0 cm³/mol. The second kappa shape index (κ2) is 12.4. The summed E-state index contributed by atoms with van der Waals surface area (Å²) in [6.45, 7) is -0.446. The summed E-state index contributed by atoms with van der Waals surface area (Å²) in [7, 11) is 0. The Morgan fingerprint density at radius 1 is 0.913 bits per heavy atom. The summed E-state index contributed by atoms with van der Waals surface area (Å²) in [4.78, 5) is 20.4. The van der Waals surface area contributed by atoms with Crippen molar-refractivity contribution in [1.82, 2.24) is 0 Å². The lowest BCUT2D eigenvalue weighted by atomic mass is 10.1. The summed E-state index contributed by atoms with van der Waals surface area (Å²) in [5, 5.41) is 78.2. The molecule has 0 aromatic carbocycles. The van der Waals surface area contributed by atoms with Gasteiger partial charge in [0.15, 0.2) is 12.1 Å². The summed E-state index contributed by atoms with van der Waals surface area (Å²) >= 11 is 0. The van der Waals surface area contributed by atoms with E-state index in [1.807, 2.05) is 0 Å². The van der Waals surface area contributed by atoms with Crippen molar-refractivity contribution in [2.45, 2.75) is 49.7 Å². The van der Waals surface area contributed by atoms with Crippen molar-refractivity contribution in [2.24, 2.45) is 0 Å². The van der Waals surface area contributed by atoms with Gasteiger partial charge in [0.1, 0.15) is 43.2 Å². The average molecular weight is 344 g/mol. The lowest BCUT2D eigenvalue weighted by Gasteiger charge is -2.21. The molecular weight excluding hydrogens is 320 g/mol. The van der Waals surface area contributed by atoms with Gasteiger partial charge in [-0.25, -0.2) is 0 Å². The fraction of sp³-hybridized carbons (Fsp3) is 0.833. The predicted octanol–water partition coefficient (Wildman–Crippen LogP) is -5.73. The number of hydrogen-bond donors (Lipinski definition) is 9. The number of aliphatic hydroxyl groups is 9. The maximum atomic E-state index is 10.5. The first-order valence-electron chi connectivity index (χ1n) is 6.51. The van der Waals surface area contributed by atoms with Crippen LogP contribution in [0.1, 0.15) is 6.92 Å². The monoisotopic (exact) mass is 344 g/mol. The minimum absolute atomic E-state index is 0.0935. The van der Waals surface area contributed by atoms with Gasteiger partial charge in [0.25, 0.3) is 0 Å². The molecule has 11 heteroatoms. The van der Waals surface area contributed by atoms with Crippen molar-refractivity contribution in [1.29, 1.82) is 0 Å². The first-order valence-corrected chi connectivity index (χ1v) is 6.51. The summed E-state index contributed by atoms with van der Waals surface area (Å²) in [5.41, 5.74) is 0. The van der Waals surface area contributed by atoms with Crippen LogP contribution >= 0.6 is 0 Å². The quantitative estimate of drug-likeness (QED) is 0.179. The number of ketones is 1. The number of carbonyl (C=O) groups is 2. The molecule has 0 aromatic heterocycles. The maximum Gasteiger partial charge on any atom is 0.189 e. The third-order valence-corrected chi connectivity index (χ3v) is 2.72. The molecule has 0 heterocycles. The lowest BCUT2D eigenvalue weighted by Crippen LogP contribution is -2.44. The maximum absolute atomic E-state index is 10.5. The normalized spacial score (nSPS) is 20.1. The molecular formula is C12H24O11. The average Bonchev–Trinajstić information content (AvgIpc) is 2.56. The molecule has 0 aliphatic rings. The Kier molecular flexibility index (Phi) is 13.1. The third-order valence-electron chi connectivity index (χ3n) is 2.72. The van der Waals surface area contributed by atoms with Gasteiger partial charge in [-0.15, -0.1) is 0 Å². The highest BCUT2D eigenvalue weighted by Gasteiger charge is 2.29. The Labute approximate surface area is 131 Å². The number of Topliss-reactive ketones (excluding diaryl/α,β-unsaturated/α-hetero) is 1. The molecule has 0 amide bonds. The number of aldehydes is 1. The van der Waals surface area contributed by atoms with Gasteiger partial charge in [0.2, 0.25) is 0 Å². The van der Waals surface area contributed by atoms with Gasteiger partial charge in [0, 0.05) is 0 Å². The number of rotatable bonds is 9. The Balaban J connectivity index is 0. The van der Waals surface area contributed by atoms with Crippen LogP contribution in [0.15, 0.2) is 0 Å². The van der Waals surface area contributed by atoms with E-state index in [0.29, 0.717) is 0 Å². The minimum Gasteiger partial charge on any atom is -0.394 e. The van der Waals surface area contributed by atoms with E-state index in [4.69, 9.17) is 46.0 Å². The largest absolute Gasteiger partial charge is 0.394 e. The highest BCUT2D eigenvalue weighted by molar-refractivity contribution is 5.84. The smallest absolute Gasteiger partial charge is 0.189 e. The van der Waals surface area contributed by atoms with E-state index in [1.165, 1.54) is 6.92 Å². The molecule has 0 saturated carbocycles. The van der Waals surface area contributed by atoms with Crippen LogP contribution in [0.4, 0.5) is 0 Å². The summed E-state index contributed by atoms with van der Waals surface area (Å²) in [5.74, 6) is -1.00. The molecule has 0 bridgehead atoms. The zero-order valence-corrected chi connectivity index (χ0v) is 12.4. The summed E-state index contributed by atoms with van der Waals surface area (Å²) in [6, 6.07) is 0. The van der Waals surface area contributed by atoms with Crippen molar-refractivity contribution >= 4 is 12.1 Å². The molecule has 0 fully saturated rings. The number of hydrogen-bond acceptors (Lipinski definition) is 11. The second-order valence-electron chi connectivity index (χ2n) is 4.66. The van der Waals surface area contributed by atoms with Gasteiger partial charge < -0.3 is 50.8 Å². The highest BCUT2D eigenvalue weighted by Crippen LogP contribution is 2.02. The van der Waals surface area contributed by atoms with E-state index < -0.39 is 61.7 Å². The molecule has 7 unspecified atom stereocenters. The van der Waals surface area contributed by atoms with Crippen LogP contribution in [0, 0.1) is 0 Å². The first-order chi connectivity index (χ1) is 10.5. The van der Waals surface area contributed by atoms with E-state index in [9.17, 15) is 9.59 Å². The third kappa shape index (κ3) is 9.00. The van der Waals surface area contributed by atoms with Gasteiger partial charge in [-0.1, -0.05) is 0 Å². The van der Waals surface area contributed by atoms with Gasteiger partial charge >= 0.3 is 0 Å². The van der Waals surface area contributed by atoms with Crippen LogP contribution < -0.4 is 0 Å². The fourth-order valence-corrected chi connectivity index (χ4v) is 1.17. The van der Waals surface area contributed by atoms with E-state index in [-0.39, 0.29) is 6.29 Å². The van der Waals surface area contributed by atoms with Crippen LogP contribution in [0.2, 0.25) is 0 Å². The molecule has 0 saturated heterocycles. The minimum atomic E-state index is -1.86. The van der Waals surface area contributed by atoms with Gasteiger partial charge in [-0.2, -0.15) is 0 Å². The summed E-state index contributed by atoms with van der Waals surface area (Å²) < 4.78 is 0. The molecule has 0 rings (SSSR count). The molecule has 23 heavy (non-hydrogen) atoms. The number of aliphatic hydroxyl groups excluding tert-OH is 9. The Hall–Kier alpha value is -1.02. The van der Waals surface area contributed by atoms with E-state index >= 15 is 0 Å². The first kappa shape index (κ1) is 24.2. The van der Waals surface area contributed by atoms with Crippen molar-refractivity contribution in [3.63, 3.8) is 0 Å². The van der Waals surface area contributed by atoms with E-state index in [2.05, 4.69) is 0 Å². The van der Waals surface area contributed by atoms with E-state index in [1.54, 1.807) is 0 Å². The topological polar surface area (TPSA) is 216 Å². The standard InChI is InChI=1S/C6H12O6.C6H12O5/c7-1-3(9)5(11)6(12)4(10)2-8;1-3(8)5(10)6(11)4(9)2-7/h3,5-9,11-12H,1-2H2;2-6,8-11H,1H3. The Morgan fingerprint density at radius 3 is 1.70 bits per heavy atom. The van der Waals surface area contributed by atoms with Crippen molar-refractivity contribution in [2.75, 3.05) is 13.2 Å². The molecule has 7 atom stereocenters. The van der Waals surface area contributed by atoms with E-state index in [0.717, 1.165) is 0 Å². The molecule has 0 aliphatic carbocycles. The highest BCUT2D eigenvalue weighted by atomic mass is 16.4. The van der Waals surface area contributed by atoms with Crippen LogP contribution in [0.3, 0.4) is 0 Å². The zero-order chi connectivity index (χ0) is 18.7. The molecule has 0 spiro atoms. The Morgan fingerprint density at radius 2 is 1.39 bits per heavy atom. The lowest BCUT2D eigenvalue weighted by molar-refractivity contribution is -0.142. The molecule has 138 valence electrons. The Bertz CT molecular complexity index is 335. The van der Waals surface area contributed by atoms with Crippen LogP contribution in [-0.4, -0.2) is 114 Å². The molecule has 0 radical (unpaired) electrons. The SMILES string of the molecule is CC(O)C(O)C(O)C(O)C=O.O=C(CO)C(O)C(O)C(O)CO. The molecule has 0 aromatic rings. The van der Waals surface area contributed by atoms with Gasteiger partial charge in [-0.3, -0.25) is 4.79 Å². The molecule has 0 aliphatic heterocycles. The van der Waals surface area contributed by atoms with Gasteiger partial charge in [0.05, 0.1) is 12.7 Å². The molecule has 11 nitrogen and oxygen atoms in total. The van der Waals surface area contributed by atoms with Crippen LogP contribution in [0.5, 0.6) is 0 Å². The van der Waals surface area contributed by atoms with Crippen molar-refractivity contribution in [3.05, 3.63) is 0 Å².